The first kappa shape index (κ1) is 23.1. The number of rotatable bonds is 11. The van der Waals surface area contributed by atoms with Crippen LogP contribution in [0.2, 0.25) is 0 Å². The van der Waals surface area contributed by atoms with Gasteiger partial charge in [-0.25, -0.2) is 5.90 Å². The highest BCUT2D eigenvalue weighted by molar-refractivity contribution is 4.97. The first-order valence-electron chi connectivity index (χ1n) is 8.56. The van der Waals surface area contributed by atoms with Crippen LogP contribution in [0.5, 0.6) is 0 Å². The summed E-state index contributed by atoms with van der Waals surface area (Å²) in [5.41, 5.74) is -2.68. The predicted octanol–water partition coefficient (Wildman–Crippen LogP) is 3.62. The molecular weight excluding hydrogens is 312 g/mol. The largest absolute Gasteiger partial charge is 0.390 e. The van der Waals surface area contributed by atoms with Gasteiger partial charge in [-0.3, -0.25) is 0 Å². The Morgan fingerprint density at radius 3 is 1.88 bits per heavy atom. The zero-order valence-corrected chi connectivity index (χ0v) is 16.5. The molecule has 7 heteroatoms. The smallest absolute Gasteiger partial charge is 0.295 e. The van der Waals surface area contributed by atoms with Gasteiger partial charge in [0.25, 0.3) is 5.09 Å². The Morgan fingerprint density at radius 2 is 1.58 bits per heavy atom. The molecule has 24 heavy (non-hydrogen) atoms. The van der Waals surface area contributed by atoms with E-state index >= 15 is 0 Å². The first-order valence-corrected chi connectivity index (χ1v) is 8.56. The topological polar surface area (TPSA) is 108 Å². The fourth-order valence-corrected chi connectivity index (χ4v) is 4.16. The summed E-state index contributed by atoms with van der Waals surface area (Å²) in [6.45, 7) is 15.1. The predicted molar refractivity (Wildman–Crippen MR) is 93.5 cm³/mol. The average Bonchev–Trinajstić information content (AvgIpc) is 2.34. The van der Waals surface area contributed by atoms with Gasteiger partial charge in [0, 0.05) is 0 Å². The Balaban J connectivity index is 5.67. The maximum Gasteiger partial charge on any atom is 0.295 e. The van der Waals surface area contributed by atoms with Gasteiger partial charge >= 0.3 is 0 Å². The van der Waals surface area contributed by atoms with E-state index in [0.29, 0.717) is 25.7 Å². The van der Waals surface area contributed by atoms with Gasteiger partial charge in [-0.15, -0.1) is 10.1 Å². The Kier molecular flexibility index (Phi) is 7.67. The molecule has 0 aromatic rings. The van der Waals surface area contributed by atoms with E-state index < -0.39 is 33.2 Å². The van der Waals surface area contributed by atoms with Gasteiger partial charge in [0.15, 0.2) is 0 Å². The molecule has 0 aromatic carbocycles. The standard InChI is InChI=1S/C17H36N2O5/c1-9-16(7,12-17(8,10-2)24-19(21)22)13(23-18)14(3,4)11-15(5,6)20/h13,20H,9-12,18H2,1-8H3. The number of nitrogens with two attached hydrogens (primary N) is 1. The molecule has 0 rings (SSSR count). The van der Waals surface area contributed by atoms with Gasteiger partial charge in [-0.05, 0) is 57.3 Å². The van der Waals surface area contributed by atoms with Gasteiger partial charge in [0.05, 0.1) is 11.7 Å². The van der Waals surface area contributed by atoms with E-state index in [1.807, 2.05) is 34.6 Å². The lowest BCUT2D eigenvalue weighted by atomic mass is 9.62. The van der Waals surface area contributed by atoms with Crippen molar-refractivity contribution in [1.82, 2.24) is 0 Å². The van der Waals surface area contributed by atoms with Crippen LogP contribution >= 0.6 is 0 Å². The van der Waals surface area contributed by atoms with E-state index in [4.69, 9.17) is 15.6 Å². The molecule has 3 atom stereocenters. The van der Waals surface area contributed by atoms with Crippen molar-refractivity contribution in [2.75, 3.05) is 0 Å². The first-order chi connectivity index (χ1) is 10.6. The quantitative estimate of drug-likeness (QED) is 0.436. The summed E-state index contributed by atoms with van der Waals surface area (Å²) in [4.78, 5) is 21.2. The summed E-state index contributed by atoms with van der Waals surface area (Å²) in [7, 11) is 0. The lowest BCUT2D eigenvalue weighted by molar-refractivity contribution is -0.781. The van der Waals surface area contributed by atoms with Crippen LogP contribution in [0, 0.1) is 20.9 Å². The number of hydrogen-bond donors (Lipinski definition) is 2. The van der Waals surface area contributed by atoms with Crippen LogP contribution in [0.15, 0.2) is 0 Å². The summed E-state index contributed by atoms with van der Waals surface area (Å²) >= 11 is 0. The van der Waals surface area contributed by atoms with E-state index in [2.05, 4.69) is 0 Å². The average molecular weight is 348 g/mol. The number of hydrogen-bond acceptors (Lipinski definition) is 6. The van der Waals surface area contributed by atoms with Crippen molar-refractivity contribution in [3.8, 4) is 0 Å². The molecule has 0 spiro atoms. The molecule has 0 bridgehead atoms. The van der Waals surface area contributed by atoms with E-state index in [0.717, 1.165) is 0 Å². The fourth-order valence-electron chi connectivity index (χ4n) is 4.16. The Labute approximate surface area is 146 Å². The van der Waals surface area contributed by atoms with Crippen LogP contribution in [0.25, 0.3) is 0 Å². The maximum absolute atomic E-state index is 10.9. The Hall–Kier alpha value is -0.920. The van der Waals surface area contributed by atoms with Crippen LogP contribution in [-0.4, -0.2) is 27.5 Å². The molecule has 0 aliphatic heterocycles. The van der Waals surface area contributed by atoms with E-state index in [1.165, 1.54) is 0 Å². The molecule has 0 aromatic heterocycles. The van der Waals surface area contributed by atoms with Crippen LogP contribution in [0.1, 0.15) is 81.1 Å². The third-order valence-corrected chi connectivity index (χ3v) is 5.00. The SMILES string of the molecule is CCC(C)(CC(C)(CC)C(ON)C(C)(C)CC(C)(C)O)O[N+](=O)[O-]. The molecule has 0 fully saturated rings. The minimum absolute atomic E-state index is 0.400. The van der Waals surface area contributed by atoms with Gasteiger partial charge < -0.3 is 14.8 Å². The van der Waals surface area contributed by atoms with Crippen molar-refractivity contribution < 1.29 is 19.9 Å². The molecule has 0 aliphatic carbocycles. The number of nitrogens with zero attached hydrogens (tertiary/aromatic N) is 1. The Bertz CT molecular complexity index is 422. The monoisotopic (exact) mass is 348 g/mol. The highest BCUT2D eigenvalue weighted by atomic mass is 17.0. The molecule has 0 amide bonds. The van der Waals surface area contributed by atoms with E-state index in [-0.39, 0.29) is 0 Å². The summed E-state index contributed by atoms with van der Waals surface area (Å²) in [6, 6.07) is 0. The van der Waals surface area contributed by atoms with Crippen molar-refractivity contribution >= 4 is 0 Å². The molecule has 7 nitrogen and oxygen atoms in total. The third kappa shape index (κ3) is 6.53. The lowest BCUT2D eigenvalue weighted by Gasteiger charge is -2.48. The van der Waals surface area contributed by atoms with Crippen molar-refractivity contribution in [3.05, 3.63) is 10.1 Å². The van der Waals surface area contributed by atoms with Crippen molar-refractivity contribution in [2.45, 2.75) is 98.4 Å². The minimum atomic E-state index is -0.921. The van der Waals surface area contributed by atoms with Crippen molar-refractivity contribution in [2.24, 2.45) is 16.7 Å². The highest BCUT2D eigenvalue weighted by Gasteiger charge is 2.49. The molecule has 0 saturated heterocycles. The molecule has 3 unspecified atom stereocenters. The molecule has 0 aliphatic rings. The van der Waals surface area contributed by atoms with Crippen molar-refractivity contribution in [3.63, 3.8) is 0 Å². The van der Waals surface area contributed by atoms with Gasteiger partial charge in [-0.1, -0.05) is 34.6 Å². The summed E-state index contributed by atoms with van der Waals surface area (Å²) in [6.07, 6.45) is 1.71. The third-order valence-electron chi connectivity index (χ3n) is 5.00. The lowest BCUT2D eigenvalue weighted by Crippen LogP contribution is -2.52. The van der Waals surface area contributed by atoms with E-state index in [9.17, 15) is 15.2 Å². The van der Waals surface area contributed by atoms with Gasteiger partial charge in [0.1, 0.15) is 5.60 Å². The van der Waals surface area contributed by atoms with Crippen LogP contribution in [-0.2, 0) is 9.68 Å². The maximum atomic E-state index is 10.9. The second kappa shape index (κ2) is 7.97. The molecule has 0 radical (unpaired) electrons. The zero-order valence-electron chi connectivity index (χ0n) is 16.5. The summed E-state index contributed by atoms with van der Waals surface area (Å²) in [5, 5.41) is 20.4. The van der Waals surface area contributed by atoms with Crippen LogP contribution < -0.4 is 5.90 Å². The van der Waals surface area contributed by atoms with Crippen LogP contribution in [0.4, 0.5) is 0 Å². The molecule has 144 valence electrons. The van der Waals surface area contributed by atoms with Crippen molar-refractivity contribution in [1.29, 1.82) is 0 Å². The normalized spacial score (nSPS) is 19.2. The summed E-state index contributed by atoms with van der Waals surface area (Å²) < 4.78 is 0. The number of aliphatic hydroxyl groups is 1. The zero-order chi connectivity index (χ0) is 19.4. The fraction of sp³-hybridized carbons (Fsp3) is 1.00. The Morgan fingerprint density at radius 1 is 1.08 bits per heavy atom. The molecule has 3 N–H and O–H groups in total. The summed E-state index contributed by atoms with van der Waals surface area (Å²) in [5.74, 6) is 5.64. The molecule has 0 heterocycles. The van der Waals surface area contributed by atoms with Crippen LogP contribution in [0.3, 0.4) is 0 Å². The molecular formula is C17H36N2O5. The van der Waals surface area contributed by atoms with E-state index in [1.54, 1.807) is 20.8 Å². The second-order valence-corrected chi connectivity index (χ2v) is 8.80. The van der Waals surface area contributed by atoms with Gasteiger partial charge in [0.2, 0.25) is 0 Å². The molecule has 0 saturated carbocycles. The minimum Gasteiger partial charge on any atom is -0.390 e. The van der Waals surface area contributed by atoms with Gasteiger partial charge in [-0.2, -0.15) is 0 Å². The highest BCUT2D eigenvalue weighted by Crippen LogP contribution is 2.47. The second-order valence-electron chi connectivity index (χ2n) is 8.80.